The van der Waals surface area contributed by atoms with Gasteiger partial charge in [-0.15, -0.1) is 0 Å². The van der Waals surface area contributed by atoms with Gasteiger partial charge in [0.2, 0.25) is 0 Å². The predicted octanol–water partition coefficient (Wildman–Crippen LogP) is 2.16. The summed E-state index contributed by atoms with van der Waals surface area (Å²) in [6.07, 6.45) is 1.10. The van der Waals surface area contributed by atoms with Gasteiger partial charge in [-0.1, -0.05) is 12.1 Å². The molecule has 1 fully saturated rings. The average molecular weight is 252 g/mol. The molecule has 0 bridgehead atoms. The summed E-state index contributed by atoms with van der Waals surface area (Å²) < 4.78 is 19.7. The maximum atomic E-state index is 14.1. The van der Waals surface area contributed by atoms with Crippen LogP contribution >= 0.6 is 0 Å². The van der Waals surface area contributed by atoms with Crippen molar-refractivity contribution in [3.8, 4) is 0 Å². The van der Waals surface area contributed by atoms with Crippen LogP contribution in [0.25, 0.3) is 0 Å². The minimum Gasteiger partial charge on any atom is -0.376 e. The van der Waals surface area contributed by atoms with Crippen molar-refractivity contribution in [1.29, 1.82) is 0 Å². The van der Waals surface area contributed by atoms with Gasteiger partial charge in [-0.25, -0.2) is 4.39 Å². The molecule has 2 atom stereocenters. The van der Waals surface area contributed by atoms with Crippen molar-refractivity contribution in [2.24, 2.45) is 0 Å². The van der Waals surface area contributed by atoms with Crippen LogP contribution in [0.2, 0.25) is 0 Å². The van der Waals surface area contributed by atoms with E-state index in [1.54, 1.807) is 6.07 Å². The molecule has 100 valence electrons. The van der Waals surface area contributed by atoms with E-state index in [2.05, 4.69) is 5.32 Å². The van der Waals surface area contributed by atoms with Crippen LogP contribution in [0.15, 0.2) is 18.2 Å². The number of ether oxygens (including phenoxy) is 1. The number of hydrogen-bond donors (Lipinski definition) is 1. The van der Waals surface area contributed by atoms with Gasteiger partial charge in [0.15, 0.2) is 0 Å². The minimum atomic E-state index is -0.163. The summed E-state index contributed by atoms with van der Waals surface area (Å²) in [6, 6.07) is 5.49. The van der Waals surface area contributed by atoms with E-state index in [-0.39, 0.29) is 18.0 Å². The van der Waals surface area contributed by atoms with E-state index in [1.165, 1.54) is 6.07 Å². The van der Waals surface area contributed by atoms with Gasteiger partial charge in [-0.05, 0) is 32.0 Å². The minimum absolute atomic E-state index is 0.150. The van der Waals surface area contributed by atoms with E-state index in [0.717, 1.165) is 18.6 Å². The van der Waals surface area contributed by atoms with E-state index in [1.807, 2.05) is 32.0 Å². The largest absolute Gasteiger partial charge is 0.376 e. The monoisotopic (exact) mass is 252 g/mol. The highest BCUT2D eigenvalue weighted by Crippen LogP contribution is 2.29. The second-order valence-corrected chi connectivity index (χ2v) is 4.82. The Morgan fingerprint density at radius 2 is 2.28 bits per heavy atom. The standard InChI is InChI=1S/C14H21FN2O/c1-10-13(7-8-18-10)17(3)14-11(9-16-2)5-4-6-12(14)15/h4-6,10,13,16H,7-9H2,1-3H3. The van der Waals surface area contributed by atoms with Crippen LogP contribution < -0.4 is 10.2 Å². The fraction of sp³-hybridized carbons (Fsp3) is 0.571. The summed E-state index contributed by atoms with van der Waals surface area (Å²) in [5.41, 5.74) is 1.67. The van der Waals surface area contributed by atoms with E-state index in [4.69, 9.17) is 4.74 Å². The summed E-state index contributed by atoms with van der Waals surface area (Å²) in [6.45, 7) is 3.47. The van der Waals surface area contributed by atoms with Gasteiger partial charge in [-0.3, -0.25) is 0 Å². The van der Waals surface area contributed by atoms with Gasteiger partial charge >= 0.3 is 0 Å². The first-order valence-electron chi connectivity index (χ1n) is 6.41. The summed E-state index contributed by atoms with van der Waals surface area (Å²) in [7, 11) is 3.82. The second kappa shape index (κ2) is 5.67. The van der Waals surface area contributed by atoms with Gasteiger partial charge in [0.25, 0.3) is 0 Å². The van der Waals surface area contributed by atoms with Crippen LogP contribution in [-0.2, 0) is 11.3 Å². The molecular formula is C14H21FN2O. The van der Waals surface area contributed by atoms with E-state index in [9.17, 15) is 4.39 Å². The molecule has 0 spiro atoms. The third-order valence-corrected chi connectivity index (χ3v) is 3.62. The number of anilines is 1. The summed E-state index contributed by atoms with van der Waals surface area (Å²) in [4.78, 5) is 2.03. The molecule has 1 saturated heterocycles. The first-order valence-corrected chi connectivity index (χ1v) is 6.41. The molecule has 2 unspecified atom stereocenters. The quantitative estimate of drug-likeness (QED) is 0.888. The number of halogens is 1. The summed E-state index contributed by atoms with van der Waals surface area (Å²) in [5, 5.41) is 3.08. The van der Waals surface area contributed by atoms with Crippen molar-refractivity contribution in [2.75, 3.05) is 25.6 Å². The molecule has 0 saturated carbocycles. The van der Waals surface area contributed by atoms with Crippen molar-refractivity contribution >= 4 is 5.69 Å². The van der Waals surface area contributed by atoms with Crippen molar-refractivity contribution in [1.82, 2.24) is 5.32 Å². The molecular weight excluding hydrogens is 231 g/mol. The van der Waals surface area contributed by atoms with E-state index >= 15 is 0 Å². The Balaban J connectivity index is 2.30. The molecule has 1 aliphatic heterocycles. The lowest BCUT2D eigenvalue weighted by molar-refractivity contribution is 0.118. The maximum absolute atomic E-state index is 14.1. The Bertz CT molecular complexity index is 411. The lowest BCUT2D eigenvalue weighted by Gasteiger charge is -2.30. The van der Waals surface area contributed by atoms with Crippen LogP contribution in [0.1, 0.15) is 18.9 Å². The molecule has 18 heavy (non-hydrogen) atoms. The van der Waals surface area contributed by atoms with E-state index < -0.39 is 0 Å². The molecule has 2 rings (SSSR count). The maximum Gasteiger partial charge on any atom is 0.146 e. The highest BCUT2D eigenvalue weighted by Gasteiger charge is 2.30. The Labute approximate surface area is 108 Å². The fourth-order valence-corrected chi connectivity index (χ4v) is 2.68. The van der Waals surface area contributed by atoms with Crippen LogP contribution in [0.3, 0.4) is 0 Å². The van der Waals surface area contributed by atoms with Gasteiger partial charge in [0.1, 0.15) is 5.82 Å². The predicted molar refractivity (Wildman–Crippen MR) is 71.4 cm³/mol. The Morgan fingerprint density at radius 1 is 1.50 bits per heavy atom. The van der Waals surface area contributed by atoms with Crippen LogP contribution in [0.4, 0.5) is 10.1 Å². The number of benzene rings is 1. The number of hydrogen-bond acceptors (Lipinski definition) is 3. The molecule has 1 aromatic carbocycles. The van der Waals surface area contributed by atoms with Crippen molar-refractivity contribution in [3.05, 3.63) is 29.6 Å². The number of nitrogens with one attached hydrogen (secondary N) is 1. The lowest BCUT2D eigenvalue weighted by atomic mass is 10.1. The zero-order valence-corrected chi connectivity index (χ0v) is 11.2. The molecule has 0 aromatic heterocycles. The molecule has 1 heterocycles. The second-order valence-electron chi connectivity index (χ2n) is 4.82. The number of nitrogens with zero attached hydrogens (tertiary/aromatic N) is 1. The number of likely N-dealkylation sites (N-methyl/N-ethyl adjacent to an activating group) is 1. The molecule has 3 nitrogen and oxygen atoms in total. The molecule has 4 heteroatoms. The normalized spacial score (nSPS) is 23.3. The SMILES string of the molecule is CNCc1cccc(F)c1N(C)C1CCOC1C. The van der Waals surface area contributed by atoms with Crippen LogP contribution in [0.5, 0.6) is 0 Å². The highest BCUT2D eigenvalue weighted by atomic mass is 19.1. The van der Waals surface area contributed by atoms with Crippen molar-refractivity contribution in [3.63, 3.8) is 0 Å². The smallest absolute Gasteiger partial charge is 0.146 e. The zero-order chi connectivity index (χ0) is 13.1. The van der Waals surface area contributed by atoms with Gasteiger partial charge in [0, 0.05) is 20.2 Å². The Morgan fingerprint density at radius 3 is 2.89 bits per heavy atom. The molecule has 0 radical (unpaired) electrons. The fourth-order valence-electron chi connectivity index (χ4n) is 2.68. The van der Waals surface area contributed by atoms with Crippen molar-refractivity contribution < 1.29 is 9.13 Å². The third kappa shape index (κ3) is 2.49. The first-order chi connectivity index (χ1) is 8.65. The van der Waals surface area contributed by atoms with Crippen molar-refractivity contribution in [2.45, 2.75) is 32.0 Å². The van der Waals surface area contributed by atoms with Gasteiger partial charge in [-0.2, -0.15) is 0 Å². The molecule has 1 N–H and O–H groups in total. The average Bonchev–Trinajstić information content (AvgIpc) is 2.75. The first kappa shape index (κ1) is 13.3. The number of rotatable bonds is 4. The molecule has 1 aliphatic rings. The van der Waals surface area contributed by atoms with Crippen LogP contribution in [-0.4, -0.2) is 32.8 Å². The molecule has 0 aliphatic carbocycles. The number of para-hydroxylation sites is 1. The third-order valence-electron chi connectivity index (χ3n) is 3.62. The van der Waals surface area contributed by atoms with E-state index in [0.29, 0.717) is 12.2 Å². The summed E-state index contributed by atoms with van der Waals surface area (Å²) >= 11 is 0. The Hall–Kier alpha value is -1.13. The topological polar surface area (TPSA) is 24.5 Å². The zero-order valence-electron chi connectivity index (χ0n) is 11.2. The Kier molecular flexibility index (Phi) is 4.19. The van der Waals surface area contributed by atoms with Gasteiger partial charge in [0.05, 0.1) is 17.8 Å². The highest BCUT2D eigenvalue weighted by molar-refractivity contribution is 5.55. The summed E-state index contributed by atoms with van der Waals surface area (Å²) in [5.74, 6) is -0.163. The van der Waals surface area contributed by atoms with Gasteiger partial charge < -0.3 is 15.0 Å². The molecule has 1 aromatic rings. The lowest BCUT2D eigenvalue weighted by Crippen LogP contribution is -2.38. The molecule has 0 amide bonds. The van der Waals surface area contributed by atoms with Crippen LogP contribution in [0, 0.1) is 5.82 Å².